The van der Waals surface area contributed by atoms with Crippen molar-refractivity contribution in [3.63, 3.8) is 0 Å². The van der Waals surface area contributed by atoms with E-state index in [9.17, 15) is 5.11 Å². The van der Waals surface area contributed by atoms with Crippen LogP contribution in [0, 0.1) is 0 Å². The molecule has 0 aromatic heterocycles. The fourth-order valence-electron chi connectivity index (χ4n) is 4.31. The number of nitrogens with one attached hydrogen (secondary N) is 2. The van der Waals surface area contributed by atoms with Gasteiger partial charge in [0.15, 0.2) is 0 Å². The molecule has 32 heavy (non-hydrogen) atoms. The molecule has 2 aromatic rings. The largest absolute Gasteiger partial charge is 0.505 e. The van der Waals surface area contributed by atoms with Crippen LogP contribution in [0.25, 0.3) is 6.08 Å². The van der Waals surface area contributed by atoms with E-state index in [0.717, 1.165) is 36.2 Å². The Hall–Kier alpha value is -2.43. The van der Waals surface area contributed by atoms with Crippen molar-refractivity contribution in [2.45, 2.75) is 45.1 Å². The van der Waals surface area contributed by atoms with E-state index in [1.54, 1.807) is 0 Å². The molecule has 4 rings (SSSR count). The lowest BCUT2D eigenvalue weighted by Crippen LogP contribution is -2.29. The molecule has 2 aromatic carbocycles. The molecule has 0 spiro atoms. The highest BCUT2D eigenvalue weighted by molar-refractivity contribution is 6.33. The molecular formula is C27H36ClN3O. The summed E-state index contributed by atoms with van der Waals surface area (Å²) in [5, 5.41) is 18.1. The van der Waals surface area contributed by atoms with Crippen LogP contribution in [-0.2, 0) is 0 Å². The zero-order valence-corrected chi connectivity index (χ0v) is 20.1. The fraction of sp³-hybridized carbons (Fsp3) is 0.407. The number of allylic oxidation sites excluding steroid dienone is 1. The van der Waals surface area contributed by atoms with Gasteiger partial charge in [-0.25, -0.2) is 0 Å². The first-order valence-corrected chi connectivity index (χ1v) is 12.1. The molecule has 0 saturated carbocycles. The highest BCUT2D eigenvalue weighted by Crippen LogP contribution is 2.42. The second-order valence-corrected chi connectivity index (χ2v) is 8.71. The summed E-state index contributed by atoms with van der Waals surface area (Å²) in [5.74, 6) is 0.262. The van der Waals surface area contributed by atoms with Crippen LogP contribution < -0.4 is 15.5 Å². The fourth-order valence-corrected chi connectivity index (χ4v) is 4.58. The summed E-state index contributed by atoms with van der Waals surface area (Å²) in [6.45, 7) is 8.65. The number of halogens is 1. The molecule has 2 aliphatic heterocycles. The number of phenols is 1. The Morgan fingerprint density at radius 2 is 1.94 bits per heavy atom. The topological polar surface area (TPSA) is 47.5 Å². The summed E-state index contributed by atoms with van der Waals surface area (Å²) in [6.07, 6.45) is 12.1. The van der Waals surface area contributed by atoms with Gasteiger partial charge in [0, 0.05) is 36.4 Å². The zero-order chi connectivity index (χ0) is 22.9. The Morgan fingerprint density at radius 3 is 2.53 bits per heavy atom. The number of fused-ring (bicyclic) bond motifs is 1. The minimum absolute atomic E-state index is 0.129. The van der Waals surface area contributed by atoms with Gasteiger partial charge in [-0.1, -0.05) is 55.3 Å². The van der Waals surface area contributed by atoms with Gasteiger partial charge in [-0.2, -0.15) is 0 Å². The molecule has 4 nitrogen and oxygen atoms in total. The van der Waals surface area contributed by atoms with Crippen LogP contribution in [0.3, 0.4) is 0 Å². The predicted octanol–water partition coefficient (Wildman–Crippen LogP) is 6.76. The SMILES string of the molecule is C=CCCC.CNC(c1ccc(N2CCCCC2)cc1)c1cc(Cl)c2c(c1O)NCC=C2. The molecule has 2 heterocycles. The average molecular weight is 454 g/mol. The number of hydrogen-bond donors (Lipinski definition) is 3. The monoisotopic (exact) mass is 453 g/mol. The average Bonchev–Trinajstić information content (AvgIpc) is 2.84. The Bertz CT molecular complexity index is 917. The van der Waals surface area contributed by atoms with E-state index < -0.39 is 0 Å². The number of phenolic OH excluding ortho intramolecular Hbond substituents is 1. The molecule has 1 unspecified atom stereocenters. The van der Waals surface area contributed by atoms with Crippen LogP contribution in [0.1, 0.15) is 61.8 Å². The van der Waals surface area contributed by atoms with E-state index in [0.29, 0.717) is 17.3 Å². The highest BCUT2D eigenvalue weighted by atomic mass is 35.5. The molecule has 0 amide bonds. The first-order chi connectivity index (χ1) is 15.6. The summed E-state index contributed by atoms with van der Waals surface area (Å²) in [5.41, 5.74) is 4.73. The van der Waals surface area contributed by atoms with E-state index in [1.165, 1.54) is 31.4 Å². The molecule has 1 saturated heterocycles. The quantitative estimate of drug-likeness (QED) is 0.334. The summed E-state index contributed by atoms with van der Waals surface area (Å²) >= 11 is 6.50. The third-order valence-corrected chi connectivity index (χ3v) is 6.35. The van der Waals surface area contributed by atoms with Gasteiger partial charge in [0.25, 0.3) is 0 Å². The van der Waals surface area contributed by atoms with Gasteiger partial charge in [-0.15, -0.1) is 6.58 Å². The third kappa shape index (κ3) is 5.67. The maximum atomic E-state index is 10.9. The normalized spacial score (nSPS) is 15.8. The van der Waals surface area contributed by atoms with Gasteiger partial charge in [-0.3, -0.25) is 0 Å². The first kappa shape index (κ1) is 24.2. The number of benzene rings is 2. The van der Waals surface area contributed by atoms with E-state index in [4.69, 9.17) is 11.6 Å². The smallest absolute Gasteiger partial charge is 0.144 e. The Labute approximate surface area is 198 Å². The van der Waals surface area contributed by atoms with Crippen LogP contribution >= 0.6 is 11.6 Å². The Balaban J connectivity index is 0.000000523. The summed E-state index contributed by atoms with van der Waals surface area (Å²) in [4.78, 5) is 2.45. The molecule has 0 radical (unpaired) electrons. The molecule has 1 fully saturated rings. The molecule has 172 valence electrons. The standard InChI is InChI=1S/C22H26ClN3O.C5H10/c1-24-20(15-7-9-16(10-8-15)26-12-3-2-4-13-26)18-14-19(23)17-6-5-11-25-21(17)22(18)27;1-3-5-4-2/h5-10,14,20,24-25,27H,2-4,11-13H2,1H3;3H,1,4-5H2,2H3. The molecule has 0 bridgehead atoms. The molecule has 5 heteroatoms. The van der Waals surface area contributed by atoms with Crippen LogP contribution in [0.2, 0.25) is 5.02 Å². The zero-order valence-electron chi connectivity index (χ0n) is 19.3. The van der Waals surface area contributed by atoms with Crippen LogP contribution in [0.15, 0.2) is 49.1 Å². The minimum Gasteiger partial charge on any atom is -0.505 e. The van der Waals surface area contributed by atoms with Gasteiger partial charge in [0.1, 0.15) is 5.75 Å². The van der Waals surface area contributed by atoms with Crippen molar-refractivity contribution in [1.82, 2.24) is 5.32 Å². The number of nitrogens with zero attached hydrogens (tertiary/aromatic N) is 1. The number of unbranched alkanes of at least 4 members (excludes halogenated alkanes) is 1. The highest BCUT2D eigenvalue weighted by Gasteiger charge is 2.23. The van der Waals surface area contributed by atoms with Crippen molar-refractivity contribution in [1.29, 1.82) is 0 Å². The lowest BCUT2D eigenvalue weighted by molar-refractivity contribution is 0.462. The maximum Gasteiger partial charge on any atom is 0.144 e. The second-order valence-electron chi connectivity index (χ2n) is 8.31. The van der Waals surface area contributed by atoms with Crippen molar-refractivity contribution >= 4 is 29.1 Å². The van der Waals surface area contributed by atoms with Crippen molar-refractivity contribution in [2.75, 3.05) is 36.9 Å². The number of aromatic hydroxyl groups is 1. The second kappa shape index (κ2) is 12.0. The Morgan fingerprint density at radius 1 is 1.22 bits per heavy atom. The number of piperidine rings is 1. The third-order valence-electron chi connectivity index (χ3n) is 6.04. The number of hydrogen-bond acceptors (Lipinski definition) is 4. The van der Waals surface area contributed by atoms with E-state index in [2.05, 4.69) is 53.3 Å². The van der Waals surface area contributed by atoms with Crippen molar-refractivity contribution in [2.24, 2.45) is 0 Å². The first-order valence-electron chi connectivity index (χ1n) is 11.7. The lowest BCUT2D eigenvalue weighted by Gasteiger charge is -2.29. The van der Waals surface area contributed by atoms with Gasteiger partial charge in [-0.05, 0) is 56.5 Å². The molecule has 3 N–H and O–H groups in total. The van der Waals surface area contributed by atoms with Gasteiger partial charge >= 0.3 is 0 Å². The van der Waals surface area contributed by atoms with E-state index in [1.807, 2.05) is 31.3 Å². The van der Waals surface area contributed by atoms with Crippen LogP contribution in [-0.4, -0.2) is 31.8 Å². The summed E-state index contributed by atoms with van der Waals surface area (Å²) < 4.78 is 0. The minimum atomic E-state index is -0.129. The molecular weight excluding hydrogens is 418 g/mol. The van der Waals surface area contributed by atoms with E-state index >= 15 is 0 Å². The predicted molar refractivity (Wildman–Crippen MR) is 139 cm³/mol. The maximum absolute atomic E-state index is 10.9. The van der Waals surface area contributed by atoms with E-state index in [-0.39, 0.29) is 11.8 Å². The summed E-state index contributed by atoms with van der Waals surface area (Å²) in [6, 6.07) is 10.4. The molecule has 0 aliphatic carbocycles. The number of anilines is 2. The lowest BCUT2D eigenvalue weighted by atomic mass is 9.94. The van der Waals surface area contributed by atoms with Crippen molar-refractivity contribution in [3.8, 4) is 5.75 Å². The van der Waals surface area contributed by atoms with Gasteiger partial charge < -0.3 is 20.6 Å². The van der Waals surface area contributed by atoms with Gasteiger partial charge in [0.2, 0.25) is 0 Å². The molecule has 1 atom stereocenters. The van der Waals surface area contributed by atoms with Crippen molar-refractivity contribution in [3.05, 3.63) is 70.8 Å². The van der Waals surface area contributed by atoms with Crippen LogP contribution in [0.5, 0.6) is 5.75 Å². The summed E-state index contributed by atoms with van der Waals surface area (Å²) in [7, 11) is 1.91. The number of rotatable bonds is 6. The van der Waals surface area contributed by atoms with Gasteiger partial charge in [0.05, 0.1) is 16.8 Å². The Kier molecular flexibility index (Phi) is 9.07. The van der Waals surface area contributed by atoms with Crippen LogP contribution in [0.4, 0.5) is 11.4 Å². The van der Waals surface area contributed by atoms with Crippen molar-refractivity contribution < 1.29 is 5.11 Å². The molecule has 2 aliphatic rings.